The summed E-state index contributed by atoms with van der Waals surface area (Å²) in [5.74, 6) is -0.714. The molecule has 0 heterocycles. The highest BCUT2D eigenvalue weighted by Gasteiger charge is 2.10. The molecule has 21 heavy (non-hydrogen) atoms. The molecule has 1 N–H and O–H groups in total. The van der Waals surface area contributed by atoms with E-state index in [0.29, 0.717) is 25.9 Å². The van der Waals surface area contributed by atoms with E-state index >= 15 is 0 Å². The summed E-state index contributed by atoms with van der Waals surface area (Å²) in [6.07, 6.45) is 1.28. The number of aliphatic carboxylic acids is 1. The average molecular weight is 292 g/mol. The Hall–Kier alpha value is -2.04. The average Bonchev–Trinajstić information content (AvgIpc) is 2.43. The monoisotopic (exact) mass is 292 g/mol. The summed E-state index contributed by atoms with van der Waals surface area (Å²) in [5.41, 5.74) is 2.17. The number of anilines is 1. The molecule has 116 valence electrons. The van der Waals surface area contributed by atoms with Gasteiger partial charge in [0.1, 0.15) is 0 Å². The van der Waals surface area contributed by atoms with E-state index in [9.17, 15) is 9.59 Å². The summed E-state index contributed by atoms with van der Waals surface area (Å²) in [4.78, 5) is 26.0. The molecule has 0 saturated heterocycles. The minimum absolute atomic E-state index is 0.0928. The van der Waals surface area contributed by atoms with Crippen molar-refractivity contribution in [3.63, 3.8) is 0 Å². The van der Waals surface area contributed by atoms with Gasteiger partial charge in [-0.3, -0.25) is 9.59 Å². The van der Waals surface area contributed by atoms with E-state index in [1.54, 1.807) is 19.0 Å². The fourth-order valence-corrected chi connectivity index (χ4v) is 2.00. The van der Waals surface area contributed by atoms with E-state index in [4.69, 9.17) is 5.11 Å². The van der Waals surface area contributed by atoms with Crippen molar-refractivity contribution in [2.24, 2.45) is 0 Å². The Balaban J connectivity index is 2.62. The minimum atomic E-state index is -0.809. The summed E-state index contributed by atoms with van der Waals surface area (Å²) in [5, 5.41) is 8.85. The topological polar surface area (TPSA) is 60.9 Å². The molecular weight excluding hydrogens is 268 g/mol. The number of hydrogen-bond acceptors (Lipinski definition) is 3. The first-order chi connectivity index (χ1) is 9.90. The summed E-state index contributed by atoms with van der Waals surface area (Å²) >= 11 is 0. The molecule has 0 aromatic heterocycles. The second kappa shape index (κ2) is 8.29. The van der Waals surface area contributed by atoms with Crippen molar-refractivity contribution < 1.29 is 14.7 Å². The number of benzene rings is 1. The number of hydrogen-bond donors (Lipinski definition) is 1. The predicted octanol–water partition coefficient (Wildman–Crippen LogP) is 2.14. The van der Waals surface area contributed by atoms with E-state index in [1.807, 2.05) is 36.1 Å². The van der Waals surface area contributed by atoms with E-state index in [-0.39, 0.29) is 12.3 Å². The fourth-order valence-electron chi connectivity index (χ4n) is 2.00. The van der Waals surface area contributed by atoms with Crippen LogP contribution >= 0.6 is 0 Å². The minimum Gasteiger partial charge on any atom is -0.481 e. The first kappa shape index (κ1) is 17.0. The molecule has 0 radical (unpaired) electrons. The smallest absolute Gasteiger partial charge is 0.305 e. The third-order valence-electron chi connectivity index (χ3n) is 3.31. The molecule has 0 fully saturated rings. The lowest BCUT2D eigenvalue weighted by Crippen LogP contribution is -2.29. The zero-order valence-corrected chi connectivity index (χ0v) is 13.0. The van der Waals surface area contributed by atoms with Crippen molar-refractivity contribution >= 4 is 17.6 Å². The molecule has 0 aliphatic rings. The van der Waals surface area contributed by atoms with E-state index in [1.165, 1.54) is 5.56 Å². The normalized spacial score (nSPS) is 10.2. The maximum atomic E-state index is 11.6. The van der Waals surface area contributed by atoms with Crippen LogP contribution in [0, 0.1) is 6.92 Å². The zero-order chi connectivity index (χ0) is 15.8. The number of carboxylic acid groups (broad SMARTS) is 1. The molecule has 0 saturated carbocycles. The Morgan fingerprint density at radius 2 is 1.67 bits per heavy atom. The Morgan fingerprint density at radius 1 is 1.05 bits per heavy atom. The van der Waals surface area contributed by atoms with Crippen LogP contribution in [-0.4, -0.2) is 49.1 Å². The number of amides is 1. The van der Waals surface area contributed by atoms with Gasteiger partial charge in [-0.1, -0.05) is 17.7 Å². The third kappa shape index (κ3) is 6.29. The molecular formula is C16H24N2O3. The predicted molar refractivity (Wildman–Crippen MR) is 83.6 cm³/mol. The molecule has 0 aliphatic heterocycles. The molecule has 0 aliphatic carbocycles. The second-order valence-corrected chi connectivity index (χ2v) is 5.36. The summed E-state index contributed by atoms with van der Waals surface area (Å²) in [7, 11) is 3.48. The van der Waals surface area contributed by atoms with Crippen LogP contribution in [0.1, 0.15) is 24.8 Å². The Bertz CT molecular complexity index is 469. The van der Waals surface area contributed by atoms with Gasteiger partial charge in [0.15, 0.2) is 0 Å². The number of aryl methyl sites for hydroxylation is 1. The molecule has 0 spiro atoms. The van der Waals surface area contributed by atoms with Gasteiger partial charge < -0.3 is 14.9 Å². The van der Waals surface area contributed by atoms with Crippen molar-refractivity contribution in [2.75, 3.05) is 32.1 Å². The summed E-state index contributed by atoms with van der Waals surface area (Å²) < 4.78 is 0. The van der Waals surface area contributed by atoms with Crippen LogP contribution in [0.3, 0.4) is 0 Å². The molecule has 1 aromatic carbocycles. The second-order valence-electron chi connectivity index (χ2n) is 5.36. The van der Waals surface area contributed by atoms with Crippen LogP contribution in [0.25, 0.3) is 0 Å². The third-order valence-corrected chi connectivity index (χ3v) is 3.31. The SMILES string of the molecule is Cc1ccc(N(CCCC(=O)N(C)C)CCC(=O)O)cc1. The van der Waals surface area contributed by atoms with Gasteiger partial charge in [0.25, 0.3) is 0 Å². The summed E-state index contributed by atoms with van der Waals surface area (Å²) in [6.45, 7) is 3.14. The summed E-state index contributed by atoms with van der Waals surface area (Å²) in [6, 6.07) is 8.00. The highest BCUT2D eigenvalue weighted by molar-refractivity contribution is 5.75. The lowest BCUT2D eigenvalue weighted by Gasteiger charge is -2.24. The number of carbonyl (C=O) groups is 2. The van der Waals surface area contributed by atoms with Gasteiger partial charge in [0.2, 0.25) is 5.91 Å². The first-order valence-corrected chi connectivity index (χ1v) is 7.13. The number of rotatable bonds is 8. The van der Waals surface area contributed by atoms with Crippen LogP contribution in [0.4, 0.5) is 5.69 Å². The molecule has 1 aromatic rings. The molecule has 5 heteroatoms. The fraction of sp³-hybridized carbons (Fsp3) is 0.500. The van der Waals surface area contributed by atoms with Gasteiger partial charge in [0, 0.05) is 39.3 Å². The first-order valence-electron chi connectivity index (χ1n) is 7.13. The maximum absolute atomic E-state index is 11.6. The molecule has 1 rings (SSSR count). The van der Waals surface area contributed by atoms with Crippen LogP contribution in [0.5, 0.6) is 0 Å². The Morgan fingerprint density at radius 3 is 2.19 bits per heavy atom. The van der Waals surface area contributed by atoms with Gasteiger partial charge in [0.05, 0.1) is 6.42 Å². The zero-order valence-electron chi connectivity index (χ0n) is 13.0. The molecule has 0 atom stereocenters. The van der Waals surface area contributed by atoms with Gasteiger partial charge in [-0.05, 0) is 25.5 Å². The van der Waals surface area contributed by atoms with Crippen LogP contribution in [0.2, 0.25) is 0 Å². The van der Waals surface area contributed by atoms with Gasteiger partial charge >= 0.3 is 5.97 Å². The molecule has 0 bridgehead atoms. The number of carboxylic acids is 1. The number of nitrogens with zero attached hydrogens (tertiary/aromatic N) is 2. The highest BCUT2D eigenvalue weighted by atomic mass is 16.4. The largest absolute Gasteiger partial charge is 0.481 e. The molecule has 5 nitrogen and oxygen atoms in total. The molecule has 1 amide bonds. The molecule has 0 unspecified atom stereocenters. The van der Waals surface area contributed by atoms with E-state index < -0.39 is 5.97 Å². The van der Waals surface area contributed by atoms with Crippen molar-refractivity contribution in [3.05, 3.63) is 29.8 Å². The van der Waals surface area contributed by atoms with Crippen molar-refractivity contribution in [3.8, 4) is 0 Å². The Kier molecular flexibility index (Phi) is 6.72. The van der Waals surface area contributed by atoms with Crippen LogP contribution < -0.4 is 4.90 Å². The maximum Gasteiger partial charge on any atom is 0.305 e. The van der Waals surface area contributed by atoms with Crippen molar-refractivity contribution in [2.45, 2.75) is 26.2 Å². The lowest BCUT2D eigenvalue weighted by atomic mass is 10.2. The van der Waals surface area contributed by atoms with Gasteiger partial charge in [-0.25, -0.2) is 0 Å². The van der Waals surface area contributed by atoms with E-state index in [0.717, 1.165) is 5.69 Å². The van der Waals surface area contributed by atoms with Crippen molar-refractivity contribution in [1.82, 2.24) is 4.90 Å². The van der Waals surface area contributed by atoms with Gasteiger partial charge in [-0.15, -0.1) is 0 Å². The quantitative estimate of drug-likeness (QED) is 0.797. The highest BCUT2D eigenvalue weighted by Crippen LogP contribution is 2.16. The Labute approximate surface area is 126 Å². The van der Waals surface area contributed by atoms with Crippen molar-refractivity contribution in [1.29, 1.82) is 0 Å². The standard InChI is InChI=1S/C16H24N2O3/c1-13-6-8-14(9-7-13)18(12-10-16(20)21)11-4-5-15(19)17(2)3/h6-9H,4-5,10-12H2,1-3H3,(H,20,21). The van der Waals surface area contributed by atoms with Gasteiger partial charge in [-0.2, -0.15) is 0 Å². The lowest BCUT2D eigenvalue weighted by molar-refractivity contribution is -0.136. The van der Waals surface area contributed by atoms with Crippen LogP contribution in [0.15, 0.2) is 24.3 Å². The van der Waals surface area contributed by atoms with E-state index in [2.05, 4.69) is 0 Å². The van der Waals surface area contributed by atoms with Crippen LogP contribution in [-0.2, 0) is 9.59 Å². The number of carbonyl (C=O) groups excluding carboxylic acids is 1.